The molecule has 20 heavy (non-hydrogen) atoms. The second-order valence-electron chi connectivity index (χ2n) is 4.29. The molecule has 2 aromatic rings. The molecule has 0 radical (unpaired) electrons. The number of nitrogens with one attached hydrogen (secondary N) is 1. The van der Waals surface area contributed by atoms with Crippen molar-refractivity contribution >= 4 is 40.9 Å². The molecule has 0 saturated heterocycles. The molecule has 0 aliphatic rings. The van der Waals surface area contributed by atoms with Gasteiger partial charge in [-0.15, -0.1) is 0 Å². The zero-order chi connectivity index (χ0) is 14.5. The predicted octanol–water partition coefficient (Wildman–Crippen LogP) is 5.04. The van der Waals surface area contributed by atoms with Crippen LogP contribution in [0.4, 0.5) is 5.69 Å². The average Bonchev–Trinajstić information content (AvgIpc) is 2.45. The number of anilines is 1. The molecule has 0 unspecified atom stereocenters. The van der Waals surface area contributed by atoms with Crippen LogP contribution in [0.1, 0.15) is 12.5 Å². The van der Waals surface area contributed by atoms with E-state index in [1.165, 1.54) is 0 Å². The topological polar surface area (TPSA) is 29.1 Å². The molecule has 0 fully saturated rings. The van der Waals surface area contributed by atoms with Gasteiger partial charge in [0, 0.05) is 5.57 Å². The van der Waals surface area contributed by atoms with Crippen LogP contribution < -0.4 is 5.32 Å². The maximum atomic E-state index is 12.1. The fourth-order valence-corrected chi connectivity index (χ4v) is 2.03. The lowest BCUT2D eigenvalue weighted by Gasteiger charge is -2.08. The van der Waals surface area contributed by atoms with Crippen LogP contribution in [-0.4, -0.2) is 5.91 Å². The summed E-state index contributed by atoms with van der Waals surface area (Å²) < 4.78 is 0. The van der Waals surface area contributed by atoms with E-state index in [1.807, 2.05) is 36.4 Å². The van der Waals surface area contributed by atoms with Crippen LogP contribution in [0.5, 0.6) is 0 Å². The van der Waals surface area contributed by atoms with Crippen molar-refractivity contribution in [3.8, 4) is 0 Å². The second-order valence-corrected chi connectivity index (χ2v) is 5.08. The van der Waals surface area contributed by atoms with E-state index in [1.54, 1.807) is 25.1 Å². The third kappa shape index (κ3) is 3.62. The third-order valence-corrected chi connectivity index (χ3v) is 3.56. The van der Waals surface area contributed by atoms with Crippen molar-refractivity contribution in [2.24, 2.45) is 0 Å². The number of hydrogen-bond donors (Lipinski definition) is 1. The first kappa shape index (κ1) is 14.6. The standard InChI is InChI=1S/C16H13Cl2NO/c1-11(10-12-6-3-2-4-7-12)16(20)19-14-9-5-8-13(17)15(14)18/h2-10H,1H3,(H,19,20). The Hall–Kier alpha value is -1.77. The number of carbonyl (C=O) groups is 1. The second kappa shape index (κ2) is 6.60. The third-order valence-electron chi connectivity index (χ3n) is 2.74. The van der Waals surface area contributed by atoms with E-state index >= 15 is 0 Å². The molecule has 0 heterocycles. The predicted molar refractivity (Wildman–Crippen MR) is 85.2 cm³/mol. The molecule has 0 aromatic heterocycles. The zero-order valence-corrected chi connectivity index (χ0v) is 12.4. The Labute approximate surface area is 128 Å². The summed E-state index contributed by atoms with van der Waals surface area (Å²) >= 11 is 11.9. The summed E-state index contributed by atoms with van der Waals surface area (Å²) in [5, 5.41) is 3.50. The van der Waals surface area contributed by atoms with Crippen molar-refractivity contribution in [1.82, 2.24) is 0 Å². The summed E-state index contributed by atoms with van der Waals surface area (Å²) in [6.07, 6.45) is 1.81. The lowest BCUT2D eigenvalue weighted by Crippen LogP contribution is -2.12. The summed E-state index contributed by atoms with van der Waals surface area (Å²) in [6.45, 7) is 1.75. The first-order chi connectivity index (χ1) is 9.58. The molecular weight excluding hydrogens is 293 g/mol. The van der Waals surface area contributed by atoms with E-state index in [9.17, 15) is 4.79 Å². The maximum Gasteiger partial charge on any atom is 0.251 e. The monoisotopic (exact) mass is 305 g/mol. The van der Waals surface area contributed by atoms with Crippen LogP contribution in [0.25, 0.3) is 6.08 Å². The first-order valence-corrected chi connectivity index (χ1v) is 6.82. The molecule has 0 aliphatic carbocycles. The average molecular weight is 306 g/mol. The lowest BCUT2D eigenvalue weighted by atomic mass is 10.1. The summed E-state index contributed by atoms with van der Waals surface area (Å²) in [4.78, 5) is 12.1. The van der Waals surface area contributed by atoms with Crippen LogP contribution in [0, 0.1) is 0 Å². The van der Waals surface area contributed by atoms with Crippen molar-refractivity contribution in [3.05, 3.63) is 69.7 Å². The van der Waals surface area contributed by atoms with Gasteiger partial charge in [-0.1, -0.05) is 59.6 Å². The molecule has 0 aliphatic heterocycles. The Balaban J connectivity index is 2.16. The molecule has 2 aromatic carbocycles. The highest BCUT2D eigenvalue weighted by atomic mass is 35.5. The van der Waals surface area contributed by atoms with Gasteiger partial charge in [0.25, 0.3) is 5.91 Å². The van der Waals surface area contributed by atoms with Gasteiger partial charge in [-0.2, -0.15) is 0 Å². The number of halogens is 2. The van der Waals surface area contributed by atoms with Gasteiger partial charge in [-0.25, -0.2) is 0 Å². The summed E-state index contributed by atoms with van der Waals surface area (Å²) in [7, 11) is 0. The molecule has 2 nitrogen and oxygen atoms in total. The molecule has 1 N–H and O–H groups in total. The Kier molecular flexibility index (Phi) is 4.83. The van der Waals surface area contributed by atoms with Crippen molar-refractivity contribution in [2.75, 3.05) is 5.32 Å². The van der Waals surface area contributed by atoms with Gasteiger partial charge < -0.3 is 5.32 Å². The van der Waals surface area contributed by atoms with Crippen LogP contribution >= 0.6 is 23.2 Å². The van der Waals surface area contributed by atoms with Crippen LogP contribution in [0.2, 0.25) is 10.0 Å². The smallest absolute Gasteiger partial charge is 0.251 e. The molecular formula is C16H13Cl2NO. The SMILES string of the molecule is CC(=Cc1ccccc1)C(=O)Nc1cccc(Cl)c1Cl. The van der Waals surface area contributed by atoms with Gasteiger partial charge in [0.05, 0.1) is 15.7 Å². The minimum absolute atomic E-state index is 0.210. The van der Waals surface area contributed by atoms with Gasteiger partial charge >= 0.3 is 0 Å². The highest BCUT2D eigenvalue weighted by molar-refractivity contribution is 6.44. The molecule has 4 heteroatoms. The highest BCUT2D eigenvalue weighted by Gasteiger charge is 2.09. The molecule has 2 rings (SSSR count). The quantitative estimate of drug-likeness (QED) is 0.791. The molecule has 1 amide bonds. The first-order valence-electron chi connectivity index (χ1n) is 6.06. The number of benzene rings is 2. The maximum absolute atomic E-state index is 12.1. The van der Waals surface area contributed by atoms with E-state index in [0.29, 0.717) is 21.3 Å². The Morgan fingerprint density at radius 2 is 1.75 bits per heavy atom. The van der Waals surface area contributed by atoms with Crippen LogP contribution in [0.15, 0.2) is 54.1 Å². The number of rotatable bonds is 3. The Morgan fingerprint density at radius 1 is 1.05 bits per heavy atom. The number of carbonyl (C=O) groups excluding carboxylic acids is 1. The minimum Gasteiger partial charge on any atom is -0.321 e. The van der Waals surface area contributed by atoms with Crippen molar-refractivity contribution in [2.45, 2.75) is 6.92 Å². The molecule has 0 spiro atoms. The van der Waals surface area contributed by atoms with Crippen LogP contribution in [-0.2, 0) is 4.79 Å². The number of hydrogen-bond acceptors (Lipinski definition) is 1. The normalized spacial score (nSPS) is 11.2. The summed E-state index contributed by atoms with van der Waals surface area (Å²) in [5.74, 6) is -0.210. The Bertz CT molecular complexity index is 651. The summed E-state index contributed by atoms with van der Waals surface area (Å²) in [6, 6.07) is 14.8. The Morgan fingerprint density at radius 3 is 2.45 bits per heavy atom. The minimum atomic E-state index is -0.210. The molecule has 0 saturated carbocycles. The van der Waals surface area contributed by atoms with Crippen molar-refractivity contribution in [1.29, 1.82) is 0 Å². The van der Waals surface area contributed by atoms with Crippen molar-refractivity contribution in [3.63, 3.8) is 0 Å². The van der Waals surface area contributed by atoms with Crippen LogP contribution in [0.3, 0.4) is 0 Å². The zero-order valence-electron chi connectivity index (χ0n) is 10.9. The lowest BCUT2D eigenvalue weighted by molar-refractivity contribution is -0.112. The number of amides is 1. The fourth-order valence-electron chi connectivity index (χ4n) is 1.69. The highest BCUT2D eigenvalue weighted by Crippen LogP contribution is 2.29. The van der Waals surface area contributed by atoms with E-state index in [-0.39, 0.29) is 5.91 Å². The molecule has 0 bridgehead atoms. The fraction of sp³-hybridized carbons (Fsp3) is 0.0625. The van der Waals surface area contributed by atoms with E-state index in [2.05, 4.69) is 5.32 Å². The van der Waals surface area contributed by atoms with Gasteiger partial charge in [0.2, 0.25) is 0 Å². The van der Waals surface area contributed by atoms with Gasteiger partial charge in [-0.05, 0) is 30.7 Å². The van der Waals surface area contributed by atoms with E-state index in [4.69, 9.17) is 23.2 Å². The summed E-state index contributed by atoms with van der Waals surface area (Å²) in [5.41, 5.74) is 2.06. The molecule has 0 atom stereocenters. The largest absolute Gasteiger partial charge is 0.321 e. The molecule has 102 valence electrons. The van der Waals surface area contributed by atoms with E-state index in [0.717, 1.165) is 5.56 Å². The van der Waals surface area contributed by atoms with Crippen molar-refractivity contribution < 1.29 is 4.79 Å². The van der Waals surface area contributed by atoms with Gasteiger partial charge in [0.15, 0.2) is 0 Å². The van der Waals surface area contributed by atoms with Gasteiger partial charge in [0.1, 0.15) is 0 Å². The van der Waals surface area contributed by atoms with E-state index < -0.39 is 0 Å². The van der Waals surface area contributed by atoms with Gasteiger partial charge in [-0.3, -0.25) is 4.79 Å².